The molecule has 0 amide bonds. The quantitative estimate of drug-likeness (QED) is 0.114. The molecule has 12 heteroatoms. The topological polar surface area (TPSA) is 134 Å². The van der Waals surface area contributed by atoms with Crippen molar-refractivity contribution in [1.82, 2.24) is 0 Å². The van der Waals surface area contributed by atoms with Crippen LogP contribution in [0.2, 0.25) is 0 Å². The molecule has 5 aromatic rings. The van der Waals surface area contributed by atoms with Crippen molar-refractivity contribution in [3.8, 4) is 40.6 Å². The number of ether oxygens (including phenoxy) is 6. The number of benzene rings is 5. The number of hydrogen-bond acceptors (Lipinski definition) is 10. The Labute approximate surface area is 358 Å². The Morgan fingerprint density at radius 1 is 0.677 bits per heavy atom. The summed E-state index contributed by atoms with van der Waals surface area (Å²) >= 11 is 0. The molecule has 62 heavy (non-hydrogen) atoms. The summed E-state index contributed by atoms with van der Waals surface area (Å²) in [5.74, 6) is 2.25. The second kappa shape index (κ2) is 18.2. The van der Waals surface area contributed by atoms with Gasteiger partial charge in [-0.3, -0.25) is 9.59 Å². The summed E-state index contributed by atoms with van der Waals surface area (Å²) in [5, 5.41) is 19.1. The molecule has 4 aliphatic carbocycles. The number of carbonyl (C=O) groups excluding carboxylic acids is 2. The first-order chi connectivity index (χ1) is 30.1. The number of halogens is 2. The number of nitriles is 1. The molecule has 0 spiro atoms. The molecule has 0 radical (unpaired) electrons. The van der Waals surface area contributed by atoms with E-state index in [-0.39, 0.29) is 53.0 Å². The lowest BCUT2D eigenvalue weighted by Gasteiger charge is -2.17. The van der Waals surface area contributed by atoms with Crippen molar-refractivity contribution >= 4 is 11.9 Å². The van der Waals surface area contributed by atoms with E-state index in [0.29, 0.717) is 89.9 Å². The fourth-order valence-corrected chi connectivity index (χ4v) is 8.64. The Hall–Kier alpha value is -6.61. The third-order valence-corrected chi connectivity index (χ3v) is 12.0. The van der Waals surface area contributed by atoms with Crippen LogP contribution in [0.4, 0.5) is 8.78 Å². The molecular weight excluding hydrogens is 797 g/mol. The average molecular weight is 844 g/mol. The van der Waals surface area contributed by atoms with Gasteiger partial charge in [0.05, 0.1) is 37.7 Å². The highest BCUT2D eigenvalue weighted by Gasteiger charge is 2.46. The summed E-state index contributed by atoms with van der Waals surface area (Å²) in [6, 6.07) is 28.0. The molecule has 0 aromatic heterocycles. The standard InChI is InChI=1S/C29H26FNO5.C21H21FO4/c1-3-34-29(32)23-15-22(23)17-4-7-19(8-5-17)35-26-12-10-21-25(13-11-24(30)28(21)26)36-20-9-6-18(16-31)27(14-20)33-2;1-2-25-21(24)16-11-15(16)12-3-5-13(6-4-12)26-19-10-7-14-18(23)9-8-17(22)20(14)19/h4-9,11,13-14,22-23,26H,3,10,12,15H2,1-2H3;3-6,8-9,15-16,19,23H,2,7,10-11H2,1H3/t22-,23+,26-;15-,16+,19-/m11/s1. The van der Waals surface area contributed by atoms with E-state index >= 15 is 0 Å². The number of hydrogen-bond donors (Lipinski definition) is 1. The summed E-state index contributed by atoms with van der Waals surface area (Å²) < 4.78 is 62.7. The summed E-state index contributed by atoms with van der Waals surface area (Å²) in [4.78, 5) is 23.7. The number of methoxy groups -OCH3 is 1. The minimum atomic E-state index is -0.432. The highest BCUT2D eigenvalue weighted by atomic mass is 19.1. The molecule has 4 aliphatic rings. The highest BCUT2D eigenvalue weighted by Crippen LogP contribution is 2.50. The zero-order valence-corrected chi connectivity index (χ0v) is 34.7. The maximum absolute atomic E-state index is 14.9. The Balaban J connectivity index is 0.000000180. The molecule has 5 aromatic carbocycles. The van der Waals surface area contributed by atoms with Gasteiger partial charge in [0.1, 0.15) is 64.4 Å². The Bertz CT molecular complexity index is 2500. The number of carbonyl (C=O) groups is 2. The van der Waals surface area contributed by atoms with E-state index < -0.39 is 12.2 Å². The van der Waals surface area contributed by atoms with E-state index in [2.05, 4.69) is 6.07 Å². The van der Waals surface area contributed by atoms with Crippen LogP contribution in [0.5, 0.6) is 34.5 Å². The molecule has 1 N–H and O–H groups in total. The predicted octanol–water partition coefficient (Wildman–Crippen LogP) is 10.5. The van der Waals surface area contributed by atoms with Crippen LogP contribution in [0.25, 0.3) is 0 Å². The van der Waals surface area contributed by atoms with Gasteiger partial charge in [0.15, 0.2) is 0 Å². The number of esters is 2. The van der Waals surface area contributed by atoms with Gasteiger partial charge >= 0.3 is 11.9 Å². The molecule has 0 bridgehead atoms. The van der Waals surface area contributed by atoms with Gasteiger partial charge < -0.3 is 33.5 Å². The minimum Gasteiger partial charge on any atom is -0.508 e. The zero-order chi connectivity index (χ0) is 43.5. The van der Waals surface area contributed by atoms with Crippen molar-refractivity contribution in [3.63, 3.8) is 0 Å². The third-order valence-electron chi connectivity index (χ3n) is 12.0. The molecular formula is C50H47F2NO9. The van der Waals surface area contributed by atoms with Gasteiger partial charge in [-0.05, 0) is 136 Å². The molecule has 320 valence electrons. The maximum Gasteiger partial charge on any atom is 0.309 e. The van der Waals surface area contributed by atoms with E-state index in [4.69, 9.17) is 28.4 Å². The molecule has 9 rings (SSSR count). The van der Waals surface area contributed by atoms with Gasteiger partial charge in [0, 0.05) is 28.3 Å². The second-order valence-electron chi connectivity index (χ2n) is 15.8. The molecule has 2 saturated carbocycles. The van der Waals surface area contributed by atoms with Crippen molar-refractivity contribution in [2.24, 2.45) is 11.8 Å². The van der Waals surface area contributed by atoms with Gasteiger partial charge in [-0.25, -0.2) is 8.78 Å². The normalized spacial score (nSPS) is 21.2. The molecule has 2 fully saturated rings. The molecule has 6 atom stereocenters. The molecule has 0 aliphatic heterocycles. The Morgan fingerprint density at radius 3 is 1.69 bits per heavy atom. The van der Waals surface area contributed by atoms with Crippen molar-refractivity contribution in [2.75, 3.05) is 20.3 Å². The lowest BCUT2D eigenvalue weighted by Crippen LogP contribution is -2.07. The number of phenols is 1. The Kier molecular flexibility index (Phi) is 12.3. The number of nitrogens with zero attached hydrogens (tertiary/aromatic N) is 1. The van der Waals surface area contributed by atoms with E-state index in [0.717, 1.165) is 29.5 Å². The lowest BCUT2D eigenvalue weighted by molar-refractivity contribution is -0.145. The number of rotatable bonds is 13. The van der Waals surface area contributed by atoms with Crippen molar-refractivity contribution in [3.05, 3.63) is 142 Å². The smallest absolute Gasteiger partial charge is 0.309 e. The van der Waals surface area contributed by atoms with Crippen molar-refractivity contribution in [2.45, 2.75) is 76.4 Å². The lowest BCUT2D eigenvalue weighted by atomic mass is 10.1. The number of aromatic hydroxyl groups is 1. The first-order valence-corrected chi connectivity index (χ1v) is 21.0. The Morgan fingerprint density at radius 2 is 1.18 bits per heavy atom. The van der Waals surface area contributed by atoms with Crippen LogP contribution in [0, 0.1) is 34.8 Å². The zero-order valence-electron chi connectivity index (χ0n) is 34.7. The van der Waals surface area contributed by atoms with Crippen molar-refractivity contribution < 1.29 is 51.9 Å². The summed E-state index contributed by atoms with van der Waals surface area (Å²) in [7, 11) is 1.49. The van der Waals surface area contributed by atoms with Crippen LogP contribution in [-0.4, -0.2) is 37.4 Å². The van der Waals surface area contributed by atoms with E-state index in [9.17, 15) is 28.7 Å². The minimum absolute atomic E-state index is 0.0412. The summed E-state index contributed by atoms with van der Waals surface area (Å²) in [6.07, 6.45) is 3.27. The van der Waals surface area contributed by atoms with Crippen LogP contribution in [0.1, 0.15) is 103 Å². The predicted molar refractivity (Wildman–Crippen MR) is 223 cm³/mol. The van der Waals surface area contributed by atoms with Crippen molar-refractivity contribution in [1.29, 1.82) is 5.26 Å². The maximum atomic E-state index is 14.9. The van der Waals surface area contributed by atoms with Crippen LogP contribution >= 0.6 is 0 Å². The summed E-state index contributed by atoms with van der Waals surface area (Å²) in [5.41, 5.74) is 4.95. The first-order valence-electron chi connectivity index (χ1n) is 21.0. The summed E-state index contributed by atoms with van der Waals surface area (Å²) in [6.45, 7) is 4.42. The molecule has 0 saturated heterocycles. The van der Waals surface area contributed by atoms with Gasteiger partial charge in [0.25, 0.3) is 0 Å². The fraction of sp³-hybridized carbons (Fsp3) is 0.340. The largest absolute Gasteiger partial charge is 0.508 e. The monoisotopic (exact) mass is 843 g/mol. The van der Waals surface area contributed by atoms with Gasteiger partial charge in [-0.1, -0.05) is 24.3 Å². The van der Waals surface area contributed by atoms with Crippen LogP contribution in [0.15, 0.2) is 91.0 Å². The average Bonchev–Trinajstić information content (AvgIpc) is 4.18. The number of phenolic OH excluding ortho intramolecular Hbond substituents is 1. The van der Waals surface area contributed by atoms with Gasteiger partial charge in [-0.15, -0.1) is 0 Å². The SMILES string of the molecule is CCOC(=O)[C@H]1C[C@@H]1c1ccc(O[C@@H]2CCc3c(O)ccc(F)c32)cc1.CCOC(=O)[C@H]1C[C@@H]1c1ccc(O[C@@H]2CCc3c(Oc4ccc(C#N)c(OC)c4)ccc(F)c32)cc1. The van der Waals surface area contributed by atoms with E-state index in [1.54, 1.807) is 24.3 Å². The number of fused-ring (bicyclic) bond motifs is 2. The third kappa shape index (κ3) is 8.89. The van der Waals surface area contributed by atoms with E-state index in [1.807, 2.05) is 62.4 Å². The second-order valence-corrected chi connectivity index (χ2v) is 15.8. The van der Waals surface area contributed by atoms with Crippen LogP contribution in [-0.2, 0) is 31.9 Å². The fourth-order valence-electron chi connectivity index (χ4n) is 8.64. The highest BCUT2D eigenvalue weighted by molar-refractivity contribution is 5.78. The van der Waals surface area contributed by atoms with Gasteiger partial charge in [-0.2, -0.15) is 5.26 Å². The molecule has 10 nitrogen and oxygen atoms in total. The van der Waals surface area contributed by atoms with Gasteiger partial charge in [0.2, 0.25) is 0 Å². The van der Waals surface area contributed by atoms with Crippen LogP contribution in [0.3, 0.4) is 0 Å². The molecule has 0 heterocycles. The van der Waals surface area contributed by atoms with Crippen LogP contribution < -0.4 is 18.9 Å². The first kappa shape index (κ1) is 42.1. The molecule has 0 unspecified atom stereocenters. The van der Waals surface area contributed by atoms with E-state index in [1.165, 1.54) is 25.3 Å².